The fraction of sp³-hybridized carbons (Fsp3) is 0.158. The van der Waals surface area contributed by atoms with Gasteiger partial charge in [-0.25, -0.2) is 0 Å². The molecule has 0 bridgehead atoms. The molecule has 0 unspecified atom stereocenters. The van der Waals surface area contributed by atoms with Gasteiger partial charge in [-0.05, 0) is 119 Å². The average Bonchev–Trinajstić information content (AvgIpc) is 4.49. The van der Waals surface area contributed by atoms with Crippen LogP contribution in [0.4, 0.5) is 34.1 Å². The van der Waals surface area contributed by atoms with Gasteiger partial charge in [-0.1, -0.05) is 196 Å². The smallest absolute Gasteiger partial charge is 0.159 e. The summed E-state index contributed by atoms with van der Waals surface area (Å²) in [6.07, 6.45) is 12.4. The van der Waals surface area contributed by atoms with Gasteiger partial charge in [0.2, 0.25) is 0 Å². The maximum Gasteiger partial charge on any atom is 0.159 e. The highest BCUT2D eigenvalue weighted by atomic mass is 16.3. The molecule has 6 nitrogen and oxygen atoms in total. The Bertz CT molecular complexity index is 4910. The number of furan rings is 4. The van der Waals surface area contributed by atoms with Crippen LogP contribution in [-0.2, 0) is 0 Å². The molecule has 0 amide bonds. The summed E-state index contributed by atoms with van der Waals surface area (Å²) in [6, 6.07) is 75.3. The fourth-order valence-electron chi connectivity index (χ4n) is 15.2. The molecule has 0 spiro atoms. The molecule has 0 aliphatic heterocycles. The maximum absolute atomic E-state index is 7.36. The van der Waals surface area contributed by atoms with Crippen LogP contribution in [0.2, 0.25) is 0 Å². The Balaban J connectivity index is 0.902. The molecule has 2 aliphatic carbocycles. The summed E-state index contributed by atoms with van der Waals surface area (Å²) in [7, 11) is 0. The van der Waals surface area contributed by atoms with Crippen LogP contribution in [0.25, 0.3) is 120 Å². The number of benzene rings is 12. The molecule has 6 heteroatoms. The van der Waals surface area contributed by atoms with E-state index < -0.39 is 0 Å². The van der Waals surface area contributed by atoms with E-state index in [-0.39, 0.29) is 0 Å². The second kappa shape index (κ2) is 18.0. The second-order valence-electron chi connectivity index (χ2n) is 23.4. The van der Waals surface area contributed by atoms with Crippen molar-refractivity contribution >= 4 is 154 Å². The average molecular weight is 1060 g/mol. The first kappa shape index (κ1) is 46.3. The first-order valence-corrected chi connectivity index (χ1v) is 29.7. The highest BCUT2D eigenvalue weighted by Gasteiger charge is 2.31. The van der Waals surface area contributed by atoms with E-state index in [9.17, 15) is 0 Å². The van der Waals surface area contributed by atoms with Gasteiger partial charge in [0.15, 0.2) is 22.3 Å². The largest absolute Gasteiger partial charge is 0.454 e. The van der Waals surface area contributed by atoms with Crippen molar-refractivity contribution in [3.63, 3.8) is 0 Å². The third-order valence-corrected chi connectivity index (χ3v) is 19.0. The number of para-hydroxylation sites is 8. The standard InChI is InChI=1S/C76H56N2O4/c1-3-17-45(18-4-1)49-23-11-25-55-57-29-15-33-65(75(57)81-71(49)55)77(63-31-13-27-53-51-21-7-9-35-67(51)79-73(53)63)61-43-39-47-38-42-60-62(44-40-48-37-41-59(61)69(47)70(48)60)78(64-32-14-28-54-52-22-8-10-36-68(52)80-74(54)64)66-34-16-30-58-56-26-12-24-50(72(56)82-76(58)66)46-19-5-2-6-20-46/h7-16,21-46H,1-6,17-20H2. The SMILES string of the molecule is c1ccc2c(c1)oc1c(N(c3ccc4ccc5c(N(c6cccc7c6oc6ccccc67)c6cccc7c6oc6c(C8CCCCC8)cccc67)ccc6ccc3c4c65)c3cccc4c3oc3c(C5CCCCC5)cccc34)cccc12. The predicted octanol–water partition coefficient (Wildman–Crippen LogP) is 23.2. The molecule has 4 aromatic heterocycles. The van der Waals surface area contributed by atoms with Crippen molar-refractivity contribution in [2.24, 2.45) is 0 Å². The Morgan fingerprint density at radius 1 is 0.244 bits per heavy atom. The van der Waals surface area contributed by atoms with Crippen LogP contribution in [-0.4, -0.2) is 0 Å². The van der Waals surface area contributed by atoms with Gasteiger partial charge in [0.1, 0.15) is 22.3 Å². The Morgan fingerprint density at radius 2 is 0.573 bits per heavy atom. The Hall–Kier alpha value is -9.52. The van der Waals surface area contributed by atoms with E-state index >= 15 is 0 Å². The molecular weight excluding hydrogens is 1000 g/mol. The van der Waals surface area contributed by atoms with Crippen LogP contribution in [0, 0.1) is 0 Å². The van der Waals surface area contributed by atoms with Gasteiger partial charge in [-0.2, -0.15) is 0 Å². The predicted molar refractivity (Wildman–Crippen MR) is 340 cm³/mol. The third kappa shape index (κ3) is 6.75. The topological polar surface area (TPSA) is 59.0 Å². The van der Waals surface area contributed by atoms with E-state index in [1.165, 1.54) is 86.1 Å². The third-order valence-electron chi connectivity index (χ3n) is 19.0. The molecule has 394 valence electrons. The number of rotatable bonds is 8. The highest BCUT2D eigenvalue weighted by molar-refractivity contribution is 6.29. The molecule has 0 N–H and O–H groups in total. The first-order valence-electron chi connectivity index (χ1n) is 29.7. The van der Waals surface area contributed by atoms with Gasteiger partial charge < -0.3 is 27.5 Å². The van der Waals surface area contributed by atoms with Crippen molar-refractivity contribution in [2.75, 3.05) is 9.80 Å². The minimum Gasteiger partial charge on any atom is -0.454 e. The Labute approximate surface area is 472 Å². The lowest BCUT2D eigenvalue weighted by Crippen LogP contribution is -2.12. The van der Waals surface area contributed by atoms with E-state index in [0.717, 1.165) is 143 Å². The number of hydrogen-bond donors (Lipinski definition) is 0. The van der Waals surface area contributed by atoms with Crippen molar-refractivity contribution in [3.05, 3.63) is 217 Å². The van der Waals surface area contributed by atoms with E-state index in [4.69, 9.17) is 17.7 Å². The molecule has 12 aromatic carbocycles. The van der Waals surface area contributed by atoms with Crippen LogP contribution in [0.1, 0.15) is 87.2 Å². The number of fused-ring (bicyclic) bond motifs is 12. The quantitative estimate of drug-likeness (QED) is 0.141. The highest BCUT2D eigenvalue weighted by Crippen LogP contribution is 2.54. The molecule has 2 aliphatic rings. The zero-order chi connectivity index (χ0) is 53.6. The fourth-order valence-corrected chi connectivity index (χ4v) is 15.2. The first-order chi connectivity index (χ1) is 40.7. The van der Waals surface area contributed by atoms with Crippen LogP contribution >= 0.6 is 0 Å². The summed E-state index contributed by atoms with van der Waals surface area (Å²) in [5, 5.41) is 15.8. The Morgan fingerprint density at radius 3 is 0.988 bits per heavy atom. The molecule has 2 saturated carbocycles. The number of anilines is 6. The van der Waals surface area contributed by atoms with Crippen LogP contribution in [0.5, 0.6) is 0 Å². The van der Waals surface area contributed by atoms with Gasteiger partial charge >= 0.3 is 0 Å². The van der Waals surface area contributed by atoms with E-state index in [1.807, 2.05) is 0 Å². The summed E-state index contributed by atoms with van der Waals surface area (Å²) in [4.78, 5) is 4.84. The van der Waals surface area contributed by atoms with Gasteiger partial charge in [0.25, 0.3) is 0 Å². The molecular formula is C76H56N2O4. The molecule has 82 heavy (non-hydrogen) atoms. The zero-order valence-corrected chi connectivity index (χ0v) is 45.4. The van der Waals surface area contributed by atoms with Crippen molar-refractivity contribution in [3.8, 4) is 0 Å². The van der Waals surface area contributed by atoms with Gasteiger partial charge in [-0.15, -0.1) is 0 Å². The number of nitrogens with zero attached hydrogens (tertiary/aromatic N) is 2. The summed E-state index contributed by atoms with van der Waals surface area (Å²) in [5.74, 6) is 0.968. The van der Waals surface area contributed by atoms with Crippen molar-refractivity contribution in [1.82, 2.24) is 0 Å². The van der Waals surface area contributed by atoms with E-state index in [1.54, 1.807) is 0 Å². The van der Waals surface area contributed by atoms with Gasteiger partial charge in [0.05, 0.1) is 34.1 Å². The molecule has 4 heterocycles. The van der Waals surface area contributed by atoms with Crippen molar-refractivity contribution in [2.45, 2.75) is 76.0 Å². The number of hydrogen-bond acceptors (Lipinski definition) is 6. The molecule has 0 radical (unpaired) electrons. The van der Waals surface area contributed by atoms with Crippen LogP contribution in [0.3, 0.4) is 0 Å². The van der Waals surface area contributed by atoms with Crippen LogP contribution < -0.4 is 9.80 Å². The minimum atomic E-state index is 0.484. The van der Waals surface area contributed by atoms with Crippen LogP contribution in [0.15, 0.2) is 224 Å². The molecule has 0 saturated heterocycles. The van der Waals surface area contributed by atoms with Gasteiger partial charge in [0, 0.05) is 53.9 Å². The normalized spacial score (nSPS) is 15.0. The second-order valence-corrected chi connectivity index (χ2v) is 23.4. The lowest BCUT2D eigenvalue weighted by atomic mass is 9.83. The molecule has 16 aromatic rings. The maximum atomic E-state index is 7.36. The lowest BCUT2D eigenvalue weighted by Gasteiger charge is -2.29. The lowest BCUT2D eigenvalue weighted by molar-refractivity contribution is 0.442. The summed E-state index contributed by atoms with van der Waals surface area (Å²) in [5.41, 5.74) is 15.6. The Kier molecular flexibility index (Phi) is 10.1. The molecule has 18 rings (SSSR count). The molecule has 0 atom stereocenters. The van der Waals surface area contributed by atoms with E-state index in [0.29, 0.717) is 11.8 Å². The summed E-state index contributed by atoms with van der Waals surface area (Å²) in [6.45, 7) is 0. The summed E-state index contributed by atoms with van der Waals surface area (Å²) >= 11 is 0. The molecule has 2 fully saturated rings. The summed E-state index contributed by atoms with van der Waals surface area (Å²) < 4.78 is 28.7. The van der Waals surface area contributed by atoms with Crippen molar-refractivity contribution in [1.29, 1.82) is 0 Å². The van der Waals surface area contributed by atoms with E-state index in [2.05, 4.69) is 216 Å². The zero-order valence-electron chi connectivity index (χ0n) is 45.4. The monoisotopic (exact) mass is 1060 g/mol. The minimum absolute atomic E-state index is 0.484. The van der Waals surface area contributed by atoms with Gasteiger partial charge in [-0.3, -0.25) is 0 Å². The van der Waals surface area contributed by atoms with Crippen molar-refractivity contribution < 1.29 is 17.7 Å².